The van der Waals surface area contributed by atoms with E-state index in [0.717, 1.165) is 30.5 Å². The molecular formula is C20H19F6N3O4. The quantitative estimate of drug-likeness (QED) is 0.495. The fraction of sp³-hybridized carbons (Fsp3) is 0.350. The number of aromatic nitrogens is 1. The van der Waals surface area contributed by atoms with Gasteiger partial charge in [0.15, 0.2) is 6.61 Å². The van der Waals surface area contributed by atoms with Crippen LogP contribution in [-0.2, 0) is 17.4 Å². The minimum absolute atomic E-state index is 0.137. The van der Waals surface area contributed by atoms with Gasteiger partial charge in [0.2, 0.25) is 5.91 Å². The van der Waals surface area contributed by atoms with Crippen LogP contribution in [0.25, 0.3) is 0 Å². The number of rotatable bonds is 8. The first-order valence-corrected chi connectivity index (χ1v) is 9.36. The molecule has 2 atom stereocenters. The Balaban J connectivity index is 2.04. The predicted molar refractivity (Wildman–Crippen MR) is 102 cm³/mol. The molecule has 0 fully saturated rings. The number of halogens is 6. The lowest BCUT2D eigenvalue weighted by Crippen LogP contribution is -2.48. The minimum Gasteiger partial charge on any atom is -0.483 e. The lowest BCUT2D eigenvalue weighted by molar-refractivity contribution is -0.153. The molecule has 0 bridgehead atoms. The fourth-order valence-corrected chi connectivity index (χ4v) is 2.71. The van der Waals surface area contributed by atoms with Crippen molar-refractivity contribution in [1.29, 1.82) is 0 Å². The van der Waals surface area contributed by atoms with E-state index in [1.807, 2.05) is 5.32 Å². The summed E-state index contributed by atoms with van der Waals surface area (Å²) in [7, 11) is 0. The molecule has 1 aromatic heterocycles. The molecule has 0 radical (unpaired) electrons. The number of ether oxygens (including phenoxy) is 1. The first-order chi connectivity index (χ1) is 15.2. The van der Waals surface area contributed by atoms with Crippen molar-refractivity contribution in [3.63, 3.8) is 0 Å². The molecule has 33 heavy (non-hydrogen) atoms. The molecule has 2 amide bonds. The molecule has 7 nitrogen and oxygen atoms in total. The SMILES string of the molecule is C[C@@H](NC(=O)[C@H](Cc1ccc(C(F)(F)F)cc1)NC(=O)O)c1ccc(OCC(F)(F)F)cn1. The molecule has 0 aliphatic carbocycles. The van der Waals surface area contributed by atoms with Crippen molar-refractivity contribution >= 4 is 12.0 Å². The van der Waals surface area contributed by atoms with E-state index in [4.69, 9.17) is 5.11 Å². The smallest absolute Gasteiger partial charge is 0.422 e. The summed E-state index contributed by atoms with van der Waals surface area (Å²) < 4.78 is 79.2. The summed E-state index contributed by atoms with van der Waals surface area (Å²) in [6.45, 7) is 0.0131. The summed E-state index contributed by atoms with van der Waals surface area (Å²) in [5.41, 5.74) is -0.346. The number of nitrogens with one attached hydrogen (secondary N) is 2. The van der Waals surface area contributed by atoms with Crippen molar-refractivity contribution in [2.45, 2.75) is 37.8 Å². The third-order valence-electron chi connectivity index (χ3n) is 4.30. The maximum Gasteiger partial charge on any atom is 0.422 e. The van der Waals surface area contributed by atoms with Gasteiger partial charge in [-0.25, -0.2) is 4.79 Å². The third kappa shape index (κ3) is 8.50. The Morgan fingerprint density at radius 1 is 1.03 bits per heavy atom. The van der Waals surface area contributed by atoms with Gasteiger partial charge in [0.1, 0.15) is 11.8 Å². The van der Waals surface area contributed by atoms with Gasteiger partial charge < -0.3 is 20.5 Å². The normalized spacial score (nSPS) is 13.7. The number of carbonyl (C=O) groups excluding carboxylic acids is 1. The van der Waals surface area contributed by atoms with Crippen LogP contribution in [0.5, 0.6) is 5.75 Å². The van der Waals surface area contributed by atoms with Crippen molar-refractivity contribution in [1.82, 2.24) is 15.6 Å². The average Bonchev–Trinajstić information content (AvgIpc) is 2.71. The molecule has 0 saturated carbocycles. The highest BCUT2D eigenvalue weighted by atomic mass is 19.4. The summed E-state index contributed by atoms with van der Waals surface area (Å²) in [6.07, 6.45) is -9.75. The highest BCUT2D eigenvalue weighted by Gasteiger charge is 2.31. The summed E-state index contributed by atoms with van der Waals surface area (Å²) in [5.74, 6) is -0.911. The standard InChI is InChI=1S/C20H19F6N3O4/c1-11(15-7-6-14(9-27-15)33-10-19(21,22)23)28-17(30)16(29-18(31)32)8-12-2-4-13(5-3-12)20(24,25)26/h2-7,9,11,16,29H,8,10H2,1H3,(H,28,30)(H,31,32)/t11-,16+/m1/s1. The zero-order chi connectivity index (χ0) is 24.8. The predicted octanol–water partition coefficient (Wildman–Crippen LogP) is 4.10. The van der Waals surface area contributed by atoms with Crippen LogP contribution >= 0.6 is 0 Å². The van der Waals surface area contributed by atoms with Crippen molar-refractivity contribution < 1.29 is 45.8 Å². The van der Waals surface area contributed by atoms with Crippen LogP contribution in [0.3, 0.4) is 0 Å². The Kier molecular flexibility index (Phi) is 8.12. The monoisotopic (exact) mass is 479 g/mol. The molecule has 0 aliphatic rings. The fourth-order valence-electron chi connectivity index (χ4n) is 2.71. The first-order valence-electron chi connectivity index (χ1n) is 9.36. The van der Waals surface area contributed by atoms with Gasteiger partial charge in [0, 0.05) is 6.42 Å². The Bertz CT molecular complexity index is 946. The maximum absolute atomic E-state index is 12.7. The number of hydrogen-bond donors (Lipinski definition) is 3. The van der Waals surface area contributed by atoms with Crippen LogP contribution in [0.15, 0.2) is 42.6 Å². The van der Waals surface area contributed by atoms with Gasteiger partial charge >= 0.3 is 18.4 Å². The number of benzene rings is 1. The summed E-state index contributed by atoms with van der Waals surface area (Å²) in [4.78, 5) is 27.6. The maximum atomic E-state index is 12.7. The van der Waals surface area contributed by atoms with E-state index in [2.05, 4.69) is 15.0 Å². The number of alkyl halides is 6. The first kappa shape index (κ1) is 25.7. The van der Waals surface area contributed by atoms with Crippen LogP contribution in [-0.4, -0.2) is 40.9 Å². The van der Waals surface area contributed by atoms with Crippen molar-refractivity contribution in [3.8, 4) is 5.75 Å². The molecule has 1 heterocycles. The number of hydrogen-bond acceptors (Lipinski definition) is 4. The van der Waals surface area contributed by atoms with Gasteiger partial charge in [-0.3, -0.25) is 9.78 Å². The topological polar surface area (TPSA) is 101 Å². The van der Waals surface area contributed by atoms with Gasteiger partial charge in [-0.15, -0.1) is 0 Å². The lowest BCUT2D eigenvalue weighted by atomic mass is 10.0. The van der Waals surface area contributed by atoms with Crippen LogP contribution in [0.4, 0.5) is 31.1 Å². The Morgan fingerprint density at radius 2 is 1.67 bits per heavy atom. The molecule has 13 heteroatoms. The number of pyridine rings is 1. The molecule has 0 aliphatic heterocycles. The second-order valence-corrected chi connectivity index (χ2v) is 6.95. The van der Waals surface area contributed by atoms with Gasteiger partial charge in [0.05, 0.1) is 23.5 Å². The van der Waals surface area contributed by atoms with Crippen LogP contribution in [0.1, 0.15) is 29.8 Å². The molecule has 3 N–H and O–H groups in total. The van der Waals surface area contributed by atoms with Gasteiger partial charge in [-0.1, -0.05) is 12.1 Å². The number of amides is 2. The molecule has 1 aromatic carbocycles. The molecule has 2 rings (SSSR count). The van der Waals surface area contributed by atoms with E-state index in [1.54, 1.807) is 0 Å². The number of carbonyl (C=O) groups is 2. The van der Waals surface area contributed by atoms with Gasteiger partial charge in [-0.05, 0) is 36.8 Å². The van der Waals surface area contributed by atoms with E-state index < -0.39 is 48.6 Å². The molecule has 0 saturated heterocycles. The third-order valence-corrected chi connectivity index (χ3v) is 4.30. The summed E-state index contributed by atoms with van der Waals surface area (Å²) in [6, 6.07) is 4.38. The van der Waals surface area contributed by atoms with Crippen molar-refractivity contribution in [2.75, 3.05) is 6.61 Å². The van der Waals surface area contributed by atoms with Crippen LogP contribution < -0.4 is 15.4 Å². The molecule has 2 aromatic rings. The van der Waals surface area contributed by atoms with Gasteiger partial charge in [-0.2, -0.15) is 26.3 Å². The highest BCUT2D eigenvalue weighted by Crippen LogP contribution is 2.29. The number of carboxylic acid groups (broad SMARTS) is 1. The van der Waals surface area contributed by atoms with Crippen molar-refractivity contribution in [2.24, 2.45) is 0 Å². The Labute approximate surface area is 183 Å². The van der Waals surface area contributed by atoms with E-state index in [-0.39, 0.29) is 23.4 Å². The lowest BCUT2D eigenvalue weighted by Gasteiger charge is -2.20. The molecular weight excluding hydrogens is 460 g/mol. The van der Waals surface area contributed by atoms with Crippen LogP contribution in [0.2, 0.25) is 0 Å². The molecule has 0 spiro atoms. The van der Waals surface area contributed by atoms with E-state index in [9.17, 15) is 35.9 Å². The molecule has 180 valence electrons. The Hall–Kier alpha value is -3.51. The minimum atomic E-state index is -4.54. The zero-order valence-corrected chi connectivity index (χ0v) is 17.0. The second kappa shape index (κ2) is 10.4. The van der Waals surface area contributed by atoms with E-state index >= 15 is 0 Å². The van der Waals surface area contributed by atoms with Gasteiger partial charge in [0.25, 0.3) is 0 Å². The van der Waals surface area contributed by atoms with Crippen molar-refractivity contribution in [3.05, 3.63) is 59.4 Å². The van der Waals surface area contributed by atoms with E-state index in [0.29, 0.717) is 0 Å². The van der Waals surface area contributed by atoms with Crippen LogP contribution in [0, 0.1) is 0 Å². The number of nitrogens with zero attached hydrogens (tertiary/aromatic N) is 1. The van der Waals surface area contributed by atoms with E-state index in [1.165, 1.54) is 19.1 Å². The second-order valence-electron chi connectivity index (χ2n) is 6.95. The highest BCUT2D eigenvalue weighted by molar-refractivity contribution is 5.85. The zero-order valence-electron chi connectivity index (χ0n) is 17.0. The largest absolute Gasteiger partial charge is 0.483 e. The average molecular weight is 479 g/mol. The Morgan fingerprint density at radius 3 is 2.15 bits per heavy atom. The molecule has 0 unspecified atom stereocenters. The summed E-state index contributed by atoms with van der Waals surface area (Å²) >= 11 is 0. The summed E-state index contributed by atoms with van der Waals surface area (Å²) in [5, 5.41) is 13.5.